The minimum Gasteiger partial charge on any atom is -0.277 e. The van der Waals surface area contributed by atoms with Crippen LogP contribution in [0, 0.1) is 0 Å². The Morgan fingerprint density at radius 1 is 0.444 bits per heavy atom. The summed E-state index contributed by atoms with van der Waals surface area (Å²) in [6, 6.07) is 31.9. The van der Waals surface area contributed by atoms with Crippen LogP contribution in [0.3, 0.4) is 0 Å². The van der Waals surface area contributed by atoms with E-state index in [9.17, 15) is 16.8 Å². The van der Waals surface area contributed by atoms with Crippen molar-refractivity contribution in [2.24, 2.45) is 0 Å². The summed E-state index contributed by atoms with van der Waals surface area (Å²) in [7, 11) is -7.88. The highest BCUT2D eigenvalue weighted by molar-refractivity contribution is 7.95. The first kappa shape index (κ1) is 24.3. The molecule has 0 saturated carbocycles. The number of anilines is 2. The maximum Gasteiger partial charge on any atom is 0.271 e. The van der Waals surface area contributed by atoms with Crippen molar-refractivity contribution >= 4 is 54.1 Å². The SMILES string of the molecule is O=S(=O)(Nc1ccccc1NS(=O)(=O)c1ccc(-c2ccccc2)s1)c1ccc(-c2ccccc2)s1. The molecule has 0 amide bonds. The molecule has 36 heavy (non-hydrogen) atoms. The van der Waals surface area contributed by atoms with Gasteiger partial charge >= 0.3 is 0 Å². The number of hydrogen-bond acceptors (Lipinski definition) is 6. The fourth-order valence-electron chi connectivity index (χ4n) is 3.50. The first-order valence-corrected chi connectivity index (χ1v) is 15.4. The molecule has 0 radical (unpaired) electrons. The summed E-state index contributed by atoms with van der Waals surface area (Å²) >= 11 is 2.28. The zero-order valence-corrected chi connectivity index (χ0v) is 21.9. The monoisotopic (exact) mass is 552 g/mol. The second kappa shape index (κ2) is 9.90. The molecule has 0 spiro atoms. The Hall–Kier alpha value is -3.44. The fraction of sp³-hybridized carbons (Fsp3) is 0. The highest BCUT2D eigenvalue weighted by Gasteiger charge is 2.22. The Morgan fingerprint density at radius 2 is 0.806 bits per heavy atom. The van der Waals surface area contributed by atoms with E-state index in [4.69, 9.17) is 0 Å². The van der Waals surface area contributed by atoms with Crippen LogP contribution in [0.2, 0.25) is 0 Å². The van der Waals surface area contributed by atoms with Gasteiger partial charge in [-0.2, -0.15) is 0 Å². The van der Waals surface area contributed by atoms with Crippen molar-refractivity contribution in [2.45, 2.75) is 8.42 Å². The van der Waals surface area contributed by atoms with Crippen molar-refractivity contribution in [1.82, 2.24) is 0 Å². The molecule has 5 aromatic rings. The van der Waals surface area contributed by atoms with Crippen LogP contribution < -0.4 is 9.44 Å². The van der Waals surface area contributed by atoms with E-state index < -0.39 is 20.0 Å². The molecule has 0 atom stereocenters. The maximum atomic E-state index is 13.1. The van der Waals surface area contributed by atoms with Crippen molar-refractivity contribution in [1.29, 1.82) is 0 Å². The summed E-state index contributed by atoms with van der Waals surface area (Å²) < 4.78 is 57.8. The lowest BCUT2D eigenvalue weighted by Crippen LogP contribution is -2.16. The third kappa shape index (κ3) is 5.21. The van der Waals surface area contributed by atoms with Gasteiger partial charge in [0.25, 0.3) is 20.0 Å². The van der Waals surface area contributed by atoms with E-state index in [1.165, 1.54) is 12.1 Å². The molecular weight excluding hydrogens is 533 g/mol. The molecule has 0 unspecified atom stereocenters. The lowest BCUT2D eigenvalue weighted by molar-refractivity contribution is 0.601. The molecule has 6 nitrogen and oxygen atoms in total. The lowest BCUT2D eigenvalue weighted by atomic mass is 10.2. The molecule has 182 valence electrons. The lowest BCUT2D eigenvalue weighted by Gasteiger charge is -2.13. The number of benzene rings is 3. The van der Waals surface area contributed by atoms with E-state index in [0.717, 1.165) is 43.6 Å². The van der Waals surface area contributed by atoms with Gasteiger partial charge in [-0.15, -0.1) is 22.7 Å². The minimum absolute atomic E-state index is 0.129. The number of sulfonamides is 2. The third-order valence-electron chi connectivity index (χ3n) is 5.22. The highest BCUT2D eigenvalue weighted by atomic mass is 32.3. The third-order valence-corrected chi connectivity index (χ3v) is 11.2. The van der Waals surface area contributed by atoms with E-state index >= 15 is 0 Å². The van der Waals surface area contributed by atoms with E-state index in [-0.39, 0.29) is 19.8 Å². The van der Waals surface area contributed by atoms with Crippen LogP contribution in [-0.4, -0.2) is 16.8 Å². The van der Waals surface area contributed by atoms with Crippen molar-refractivity contribution in [3.8, 4) is 20.9 Å². The smallest absolute Gasteiger partial charge is 0.271 e. The molecule has 3 aromatic carbocycles. The molecule has 5 rings (SSSR count). The first-order valence-electron chi connectivity index (χ1n) is 10.8. The summed E-state index contributed by atoms with van der Waals surface area (Å²) in [5.74, 6) is 0. The van der Waals surface area contributed by atoms with Crippen LogP contribution in [0.25, 0.3) is 20.9 Å². The Bertz CT molecular complexity index is 1580. The predicted molar refractivity (Wildman–Crippen MR) is 148 cm³/mol. The Kier molecular flexibility index (Phi) is 6.67. The van der Waals surface area contributed by atoms with Crippen LogP contribution in [0.1, 0.15) is 0 Å². The van der Waals surface area contributed by atoms with Gasteiger partial charge in [0.2, 0.25) is 0 Å². The fourth-order valence-corrected chi connectivity index (χ4v) is 8.28. The van der Waals surface area contributed by atoms with Gasteiger partial charge in [-0.25, -0.2) is 16.8 Å². The number of rotatable bonds is 8. The van der Waals surface area contributed by atoms with E-state index in [2.05, 4.69) is 9.44 Å². The average Bonchev–Trinajstić information content (AvgIpc) is 3.58. The van der Waals surface area contributed by atoms with Crippen molar-refractivity contribution < 1.29 is 16.8 Å². The molecular formula is C26H20N2O4S4. The number of hydrogen-bond donors (Lipinski definition) is 2. The van der Waals surface area contributed by atoms with Crippen molar-refractivity contribution in [3.05, 3.63) is 109 Å². The molecule has 0 fully saturated rings. The molecule has 2 aromatic heterocycles. The number of thiophene rings is 2. The van der Waals surface area contributed by atoms with E-state index in [0.29, 0.717) is 0 Å². The van der Waals surface area contributed by atoms with Crippen molar-refractivity contribution in [2.75, 3.05) is 9.44 Å². The van der Waals surface area contributed by atoms with Crippen LogP contribution in [-0.2, 0) is 20.0 Å². The highest BCUT2D eigenvalue weighted by Crippen LogP contribution is 2.35. The van der Waals surface area contributed by atoms with Crippen LogP contribution >= 0.6 is 22.7 Å². The van der Waals surface area contributed by atoms with Crippen LogP contribution in [0.15, 0.2) is 118 Å². The maximum absolute atomic E-state index is 13.1. The van der Waals surface area contributed by atoms with Crippen molar-refractivity contribution in [3.63, 3.8) is 0 Å². The summed E-state index contributed by atoms with van der Waals surface area (Å²) in [6.45, 7) is 0. The van der Waals surface area contributed by atoms with Gasteiger partial charge in [0, 0.05) is 9.75 Å². The van der Waals surface area contributed by atoms with Gasteiger partial charge in [0.05, 0.1) is 11.4 Å². The Balaban J connectivity index is 1.39. The summed E-state index contributed by atoms with van der Waals surface area (Å²) in [6.07, 6.45) is 0. The zero-order valence-electron chi connectivity index (χ0n) is 18.7. The summed E-state index contributed by atoms with van der Waals surface area (Å²) in [5, 5.41) is 0. The topological polar surface area (TPSA) is 92.3 Å². The van der Waals surface area contributed by atoms with Crippen LogP contribution in [0.5, 0.6) is 0 Å². The van der Waals surface area contributed by atoms with E-state index in [1.807, 2.05) is 60.7 Å². The quantitative estimate of drug-likeness (QED) is 0.223. The minimum atomic E-state index is -3.94. The molecule has 2 heterocycles. The van der Waals surface area contributed by atoms with Gasteiger partial charge in [0.15, 0.2) is 0 Å². The first-order chi connectivity index (χ1) is 17.3. The summed E-state index contributed by atoms with van der Waals surface area (Å²) in [5.41, 5.74) is 2.11. The standard InChI is InChI=1S/C26H20N2O4S4/c29-35(30,25-17-15-23(33-25)19-9-3-1-4-10-19)27-21-13-7-8-14-22(21)28-36(31,32)26-18-16-24(34-26)20-11-5-2-6-12-20/h1-18,27-28H. The molecule has 2 N–H and O–H groups in total. The van der Waals surface area contributed by atoms with Gasteiger partial charge in [0.1, 0.15) is 8.42 Å². The number of nitrogens with one attached hydrogen (secondary N) is 2. The molecule has 0 saturated heterocycles. The molecule has 0 aliphatic heterocycles. The van der Waals surface area contributed by atoms with Crippen LogP contribution in [0.4, 0.5) is 11.4 Å². The second-order valence-electron chi connectivity index (χ2n) is 7.73. The zero-order chi connectivity index (χ0) is 25.2. The van der Waals surface area contributed by atoms with Gasteiger partial charge < -0.3 is 0 Å². The second-order valence-corrected chi connectivity index (χ2v) is 13.7. The summed E-state index contributed by atoms with van der Waals surface area (Å²) in [4.78, 5) is 1.63. The Labute approximate surface area is 218 Å². The van der Waals surface area contributed by atoms with E-state index in [1.54, 1.807) is 36.4 Å². The largest absolute Gasteiger partial charge is 0.277 e. The average molecular weight is 553 g/mol. The normalized spacial score (nSPS) is 11.8. The van der Waals surface area contributed by atoms with Gasteiger partial charge in [-0.1, -0.05) is 72.8 Å². The van der Waals surface area contributed by atoms with Gasteiger partial charge in [-0.05, 0) is 47.5 Å². The van der Waals surface area contributed by atoms with Gasteiger partial charge in [-0.3, -0.25) is 9.44 Å². The Morgan fingerprint density at radius 3 is 1.19 bits per heavy atom. The molecule has 0 aliphatic rings. The molecule has 0 bridgehead atoms. The molecule has 10 heteroatoms. The molecule has 0 aliphatic carbocycles. The number of para-hydroxylation sites is 2. The predicted octanol–water partition coefficient (Wildman–Crippen LogP) is 6.75.